The van der Waals surface area contributed by atoms with E-state index < -0.39 is 63.3 Å². The highest BCUT2D eigenvalue weighted by Crippen LogP contribution is 2.57. The summed E-state index contributed by atoms with van der Waals surface area (Å²) in [6.45, 7) is 3.75. The Bertz CT molecular complexity index is 1460. The molecular formula is C26H19F3O8. The van der Waals surface area contributed by atoms with E-state index in [0.29, 0.717) is 5.56 Å². The van der Waals surface area contributed by atoms with Gasteiger partial charge in [0.25, 0.3) is 0 Å². The second kappa shape index (κ2) is 8.54. The van der Waals surface area contributed by atoms with Crippen molar-refractivity contribution in [3.8, 4) is 23.0 Å². The van der Waals surface area contributed by atoms with Crippen molar-refractivity contribution in [3.05, 3.63) is 75.8 Å². The fraction of sp³-hybridized carbons (Fsp3) is 0.192. The molecule has 0 spiro atoms. The molecule has 8 nitrogen and oxygen atoms in total. The van der Waals surface area contributed by atoms with Gasteiger partial charge in [-0.15, -0.1) is 13.2 Å². The van der Waals surface area contributed by atoms with Gasteiger partial charge in [0, 0.05) is 11.6 Å². The summed E-state index contributed by atoms with van der Waals surface area (Å²) in [5.74, 6) is -5.12. The molecule has 0 radical (unpaired) electrons. The molecule has 0 unspecified atom stereocenters. The summed E-state index contributed by atoms with van der Waals surface area (Å²) in [5, 5.41) is 31.7. The van der Waals surface area contributed by atoms with Crippen LogP contribution < -0.4 is 9.47 Å². The van der Waals surface area contributed by atoms with Crippen molar-refractivity contribution in [2.24, 2.45) is 0 Å². The molecule has 1 aliphatic carbocycles. The van der Waals surface area contributed by atoms with Crippen LogP contribution in [-0.2, 0) is 15.0 Å². The number of aliphatic hydroxyl groups is 1. The van der Waals surface area contributed by atoms with Gasteiger partial charge < -0.3 is 24.8 Å². The van der Waals surface area contributed by atoms with Crippen LogP contribution in [0.4, 0.5) is 13.2 Å². The van der Waals surface area contributed by atoms with Crippen LogP contribution in [0.3, 0.4) is 0 Å². The number of benzene rings is 2. The number of carbonyl (C=O) groups is 3. The molecule has 192 valence electrons. The minimum absolute atomic E-state index is 0.133. The van der Waals surface area contributed by atoms with Crippen molar-refractivity contribution in [2.45, 2.75) is 32.5 Å². The maximum atomic E-state index is 13.3. The van der Waals surface area contributed by atoms with E-state index in [1.807, 2.05) is 0 Å². The Kier molecular flexibility index (Phi) is 5.90. The highest BCUT2D eigenvalue weighted by molar-refractivity contribution is 6.26. The third kappa shape index (κ3) is 4.11. The first-order chi connectivity index (χ1) is 17.2. The number of ketones is 3. The summed E-state index contributed by atoms with van der Waals surface area (Å²) in [4.78, 5) is 38.4. The minimum atomic E-state index is -4.86. The topological polar surface area (TPSA) is 130 Å². The van der Waals surface area contributed by atoms with Crippen LogP contribution in [0.1, 0.15) is 40.9 Å². The van der Waals surface area contributed by atoms with Gasteiger partial charge in [0.1, 0.15) is 51.1 Å². The number of rotatable bonds is 5. The van der Waals surface area contributed by atoms with Crippen molar-refractivity contribution in [1.29, 1.82) is 0 Å². The number of aliphatic hydroxyl groups excluding tert-OH is 1. The molecule has 0 saturated carbocycles. The quantitative estimate of drug-likeness (QED) is 0.296. The molecule has 0 amide bonds. The first-order valence-corrected chi connectivity index (χ1v) is 10.7. The van der Waals surface area contributed by atoms with E-state index >= 15 is 0 Å². The number of ether oxygens (including phenoxy) is 2. The zero-order valence-electron chi connectivity index (χ0n) is 19.6. The van der Waals surface area contributed by atoms with Crippen molar-refractivity contribution in [2.75, 3.05) is 0 Å². The lowest BCUT2D eigenvalue weighted by Gasteiger charge is -2.28. The number of phenols is 2. The Balaban J connectivity index is 1.76. The number of fused-ring (bicyclic) bond motifs is 3. The van der Waals surface area contributed by atoms with Gasteiger partial charge in [-0.05, 0) is 44.5 Å². The van der Waals surface area contributed by atoms with Crippen LogP contribution in [-0.4, -0.2) is 39.0 Å². The third-order valence-electron chi connectivity index (χ3n) is 6.19. The lowest BCUT2D eigenvalue weighted by Crippen LogP contribution is -2.38. The monoisotopic (exact) mass is 516 g/mol. The highest BCUT2D eigenvalue weighted by Gasteiger charge is 2.55. The normalized spacial score (nSPS) is 18.9. The van der Waals surface area contributed by atoms with Gasteiger partial charge in [0.15, 0.2) is 17.3 Å². The van der Waals surface area contributed by atoms with Crippen LogP contribution in [0.2, 0.25) is 0 Å². The lowest BCUT2D eigenvalue weighted by molar-refractivity contribution is -0.274. The first-order valence-electron chi connectivity index (χ1n) is 10.7. The van der Waals surface area contributed by atoms with Crippen LogP contribution >= 0.6 is 0 Å². The third-order valence-corrected chi connectivity index (χ3v) is 6.19. The van der Waals surface area contributed by atoms with E-state index in [9.17, 15) is 42.9 Å². The SMILES string of the molecule is CC(=O)C1=C(O)C=C2Oc3c(C(=O)/C=C/c4ccc(OC(F)(F)F)cc4)c(O)c(C)c(O)c3[C@]2(C)C1=O. The molecule has 0 saturated heterocycles. The Morgan fingerprint density at radius 2 is 1.70 bits per heavy atom. The summed E-state index contributed by atoms with van der Waals surface area (Å²) < 4.78 is 46.5. The predicted octanol–water partition coefficient (Wildman–Crippen LogP) is 4.72. The average molecular weight is 516 g/mol. The summed E-state index contributed by atoms with van der Waals surface area (Å²) in [5.41, 5.74) is -2.63. The number of carbonyl (C=O) groups excluding carboxylic acids is 3. The number of Topliss-reactive ketones (excluding diaryl/α,β-unsaturated/α-hetero) is 2. The number of halogens is 3. The molecule has 2 aromatic rings. The fourth-order valence-corrected chi connectivity index (χ4v) is 4.29. The molecule has 0 fully saturated rings. The number of alkyl halides is 3. The lowest BCUT2D eigenvalue weighted by atomic mass is 9.71. The fourth-order valence-electron chi connectivity index (χ4n) is 4.29. The molecule has 2 aromatic carbocycles. The predicted molar refractivity (Wildman–Crippen MR) is 122 cm³/mol. The Morgan fingerprint density at radius 1 is 1.08 bits per heavy atom. The highest BCUT2D eigenvalue weighted by atomic mass is 19.4. The Labute approximate surface area is 207 Å². The Hall–Kier alpha value is -4.54. The molecule has 4 rings (SSSR count). The Morgan fingerprint density at radius 3 is 2.27 bits per heavy atom. The minimum Gasteiger partial charge on any atom is -0.507 e. The van der Waals surface area contributed by atoms with Gasteiger partial charge in [-0.3, -0.25) is 14.4 Å². The molecule has 37 heavy (non-hydrogen) atoms. The van der Waals surface area contributed by atoms with E-state index in [1.165, 1.54) is 32.1 Å². The van der Waals surface area contributed by atoms with Crippen molar-refractivity contribution in [1.82, 2.24) is 0 Å². The summed E-state index contributed by atoms with van der Waals surface area (Å²) in [6.07, 6.45) is -1.53. The summed E-state index contributed by atoms with van der Waals surface area (Å²) in [7, 11) is 0. The van der Waals surface area contributed by atoms with Gasteiger partial charge in [-0.2, -0.15) is 0 Å². The molecule has 1 heterocycles. The van der Waals surface area contributed by atoms with Crippen LogP contribution in [0.25, 0.3) is 6.08 Å². The number of hydrogen-bond acceptors (Lipinski definition) is 8. The van der Waals surface area contributed by atoms with Crippen molar-refractivity contribution in [3.63, 3.8) is 0 Å². The van der Waals surface area contributed by atoms with Crippen LogP contribution in [0, 0.1) is 6.92 Å². The van der Waals surface area contributed by atoms with Crippen LogP contribution in [0.5, 0.6) is 23.0 Å². The second-order valence-corrected chi connectivity index (χ2v) is 8.60. The van der Waals surface area contributed by atoms with E-state index in [1.54, 1.807) is 0 Å². The molecule has 2 aliphatic rings. The van der Waals surface area contributed by atoms with Crippen molar-refractivity contribution >= 4 is 23.4 Å². The number of allylic oxidation sites excluding steroid dienone is 4. The van der Waals surface area contributed by atoms with E-state index in [0.717, 1.165) is 31.2 Å². The van der Waals surface area contributed by atoms with E-state index in [2.05, 4.69) is 4.74 Å². The summed E-state index contributed by atoms with van der Waals surface area (Å²) in [6, 6.07) is 4.64. The molecule has 0 bridgehead atoms. The van der Waals surface area contributed by atoms with Gasteiger partial charge in [0.05, 0.1) is 5.56 Å². The van der Waals surface area contributed by atoms with Gasteiger partial charge >= 0.3 is 6.36 Å². The number of aromatic hydroxyl groups is 2. The zero-order chi connectivity index (χ0) is 27.4. The van der Waals surface area contributed by atoms with Crippen LogP contribution in [0.15, 0.2) is 53.5 Å². The van der Waals surface area contributed by atoms with E-state index in [4.69, 9.17) is 4.74 Å². The second-order valence-electron chi connectivity index (χ2n) is 8.60. The maximum Gasteiger partial charge on any atom is 0.573 e. The van der Waals surface area contributed by atoms with Gasteiger partial charge in [-0.1, -0.05) is 18.2 Å². The van der Waals surface area contributed by atoms with E-state index in [-0.39, 0.29) is 22.6 Å². The molecule has 11 heteroatoms. The smallest absolute Gasteiger partial charge is 0.507 e. The average Bonchev–Trinajstić information content (AvgIpc) is 3.09. The first kappa shape index (κ1) is 25.5. The largest absolute Gasteiger partial charge is 0.573 e. The molecule has 3 N–H and O–H groups in total. The van der Waals surface area contributed by atoms with Crippen molar-refractivity contribution < 1.29 is 52.3 Å². The number of phenolic OH excluding ortho intramolecular Hbond substituents is 2. The molecule has 1 aliphatic heterocycles. The molecular weight excluding hydrogens is 497 g/mol. The van der Waals surface area contributed by atoms with Gasteiger partial charge in [-0.25, -0.2) is 0 Å². The maximum absolute atomic E-state index is 13.3. The van der Waals surface area contributed by atoms with Gasteiger partial charge in [0.2, 0.25) is 0 Å². The molecule has 0 aromatic heterocycles. The number of hydrogen-bond donors (Lipinski definition) is 3. The zero-order valence-corrected chi connectivity index (χ0v) is 19.6. The molecule has 1 atom stereocenters. The standard InChI is InChI=1S/C26H19F3O8/c1-11-21(33)19(15(31)9-6-13-4-7-14(8-5-13)37-26(27,28)29)23-20(22(11)34)25(3)17(36-23)10-16(32)18(12(2)30)24(25)35/h4-10,32-34H,1-3H3/b9-6+/t25-/m1/s1. The summed E-state index contributed by atoms with van der Waals surface area (Å²) >= 11 is 0.